The number of benzene rings is 1. The zero-order valence-electron chi connectivity index (χ0n) is 10.1. The lowest BCUT2D eigenvalue weighted by Gasteiger charge is -2.08. The molecule has 0 radical (unpaired) electrons. The zero-order chi connectivity index (χ0) is 14.4. The quantitative estimate of drug-likeness (QED) is 0.582. The van der Waals surface area contributed by atoms with Gasteiger partial charge in [-0.1, -0.05) is 0 Å². The van der Waals surface area contributed by atoms with Crippen LogP contribution in [0.4, 0.5) is 5.69 Å². The monoisotopic (exact) mass is 268 g/mol. The highest BCUT2D eigenvalue weighted by Gasteiger charge is 2.17. The van der Waals surface area contributed by atoms with Crippen LogP contribution in [0, 0.1) is 10.1 Å². The number of aromatic carboxylic acids is 1. The second-order valence-electron chi connectivity index (χ2n) is 3.51. The molecule has 102 valence electrons. The summed E-state index contributed by atoms with van der Waals surface area (Å²) in [5, 5.41) is 21.9. The molecule has 0 atom stereocenters. The van der Waals surface area contributed by atoms with E-state index in [0.717, 1.165) is 12.1 Å². The van der Waals surface area contributed by atoms with E-state index < -0.39 is 10.9 Å². The van der Waals surface area contributed by atoms with Crippen molar-refractivity contribution < 1.29 is 24.4 Å². The van der Waals surface area contributed by atoms with Crippen molar-refractivity contribution in [1.29, 1.82) is 0 Å². The molecular formula is C11H12N2O6. The van der Waals surface area contributed by atoms with Gasteiger partial charge in [0.2, 0.25) is 5.91 Å². The van der Waals surface area contributed by atoms with Crippen molar-refractivity contribution in [2.45, 2.75) is 6.42 Å². The first-order chi connectivity index (χ1) is 8.95. The Morgan fingerprint density at radius 3 is 2.68 bits per heavy atom. The number of carboxylic acids is 1. The minimum absolute atomic E-state index is 0.0120. The standard InChI is InChI=1S/C11H12N2O6/c1-12-10(14)4-5-19-9-3-2-7(13(17)18)6-8(9)11(15)16/h2-3,6H,4-5H2,1H3,(H,12,14)(H,15,16). The van der Waals surface area contributed by atoms with Gasteiger partial charge in [0.1, 0.15) is 11.3 Å². The molecule has 0 aromatic heterocycles. The van der Waals surface area contributed by atoms with Crippen LogP contribution in [-0.2, 0) is 4.79 Å². The van der Waals surface area contributed by atoms with Crippen LogP contribution in [0.3, 0.4) is 0 Å². The van der Waals surface area contributed by atoms with E-state index in [4.69, 9.17) is 9.84 Å². The fourth-order valence-corrected chi connectivity index (χ4v) is 1.30. The van der Waals surface area contributed by atoms with Gasteiger partial charge in [-0.15, -0.1) is 0 Å². The van der Waals surface area contributed by atoms with Crippen LogP contribution in [-0.4, -0.2) is 35.6 Å². The van der Waals surface area contributed by atoms with Crippen LogP contribution >= 0.6 is 0 Å². The van der Waals surface area contributed by atoms with Crippen molar-refractivity contribution in [1.82, 2.24) is 5.32 Å². The van der Waals surface area contributed by atoms with Crippen molar-refractivity contribution in [2.24, 2.45) is 0 Å². The molecule has 0 saturated heterocycles. The summed E-state index contributed by atoms with van der Waals surface area (Å²) in [6.45, 7) is -0.0161. The molecule has 0 aliphatic carbocycles. The Hall–Kier alpha value is -2.64. The van der Waals surface area contributed by atoms with E-state index in [1.165, 1.54) is 13.1 Å². The maximum Gasteiger partial charge on any atom is 0.339 e. The molecule has 0 heterocycles. The van der Waals surface area contributed by atoms with Gasteiger partial charge in [-0.2, -0.15) is 0 Å². The number of nitro benzene ring substituents is 1. The maximum absolute atomic E-state index is 11.0. The Labute approximate surface area is 108 Å². The molecular weight excluding hydrogens is 256 g/mol. The lowest BCUT2D eigenvalue weighted by molar-refractivity contribution is -0.384. The second-order valence-corrected chi connectivity index (χ2v) is 3.51. The first-order valence-electron chi connectivity index (χ1n) is 5.30. The Balaban J connectivity index is 2.85. The molecule has 2 N–H and O–H groups in total. The van der Waals surface area contributed by atoms with Crippen LogP contribution in [0.2, 0.25) is 0 Å². The molecule has 0 fully saturated rings. The van der Waals surface area contributed by atoms with E-state index in [2.05, 4.69) is 5.32 Å². The molecule has 8 nitrogen and oxygen atoms in total. The number of non-ortho nitro benzene ring substituents is 1. The lowest BCUT2D eigenvalue weighted by Crippen LogP contribution is -2.20. The van der Waals surface area contributed by atoms with Gasteiger partial charge in [-0.25, -0.2) is 4.79 Å². The number of hydrogen-bond donors (Lipinski definition) is 2. The van der Waals surface area contributed by atoms with Crippen molar-refractivity contribution in [3.63, 3.8) is 0 Å². The SMILES string of the molecule is CNC(=O)CCOc1ccc([N+](=O)[O-])cc1C(=O)O. The summed E-state index contributed by atoms with van der Waals surface area (Å²) in [5.74, 6) is -1.60. The fraction of sp³-hybridized carbons (Fsp3) is 0.273. The molecule has 1 aromatic rings. The lowest BCUT2D eigenvalue weighted by atomic mass is 10.2. The molecule has 0 saturated carbocycles. The summed E-state index contributed by atoms with van der Waals surface area (Å²) < 4.78 is 5.14. The molecule has 1 rings (SSSR count). The summed E-state index contributed by atoms with van der Waals surface area (Å²) >= 11 is 0. The molecule has 0 spiro atoms. The number of ether oxygens (including phenoxy) is 1. The van der Waals surface area contributed by atoms with Gasteiger partial charge in [-0.05, 0) is 6.07 Å². The Morgan fingerprint density at radius 2 is 2.16 bits per heavy atom. The summed E-state index contributed by atoms with van der Waals surface area (Å²) in [7, 11) is 1.47. The predicted molar refractivity (Wildman–Crippen MR) is 64.2 cm³/mol. The first kappa shape index (κ1) is 14.4. The van der Waals surface area contributed by atoms with E-state index in [1.54, 1.807) is 0 Å². The van der Waals surface area contributed by atoms with Crippen LogP contribution in [0.5, 0.6) is 5.75 Å². The third-order valence-electron chi connectivity index (χ3n) is 2.27. The smallest absolute Gasteiger partial charge is 0.339 e. The fourth-order valence-electron chi connectivity index (χ4n) is 1.30. The number of amides is 1. The Morgan fingerprint density at radius 1 is 1.47 bits per heavy atom. The summed E-state index contributed by atoms with van der Waals surface area (Å²) in [5.41, 5.74) is -0.651. The van der Waals surface area contributed by atoms with E-state index in [-0.39, 0.29) is 35.9 Å². The van der Waals surface area contributed by atoms with E-state index in [1.807, 2.05) is 0 Å². The van der Waals surface area contributed by atoms with E-state index >= 15 is 0 Å². The van der Waals surface area contributed by atoms with Gasteiger partial charge in [0.25, 0.3) is 5.69 Å². The van der Waals surface area contributed by atoms with Gasteiger partial charge < -0.3 is 15.2 Å². The zero-order valence-corrected chi connectivity index (χ0v) is 10.1. The highest BCUT2D eigenvalue weighted by atomic mass is 16.6. The molecule has 8 heteroatoms. The average molecular weight is 268 g/mol. The highest BCUT2D eigenvalue weighted by Crippen LogP contribution is 2.24. The van der Waals surface area contributed by atoms with Crippen molar-refractivity contribution in [3.8, 4) is 5.75 Å². The molecule has 19 heavy (non-hydrogen) atoms. The van der Waals surface area contributed by atoms with E-state index in [9.17, 15) is 19.7 Å². The number of carbonyl (C=O) groups excluding carboxylic acids is 1. The number of nitro groups is 1. The minimum atomic E-state index is -1.33. The van der Waals surface area contributed by atoms with Crippen LogP contribution in [0.25, 0.3) is 0 Å². The normalized spacial score (nSPS) is 9.74. The van der Waals surface area contributed by atoms with Gasteiger partial charge >= 0.3 is 5.97 Å². The number of carbonyl (C=O) groups is 2. The Kier molecular flexibility index (Phi) is 4.81. The third-order valence-corrected chi connectivity index (χ3v) is 2.27. The van der Waals surface area contributed by atoms with Gasteiger partial charge in [0.15, 0.2) is 0 Å². The van der Waals surface area contributed by atoms with Crippen molar-refractivity contribution >= 4 is 17.6 Å². The molecule has 1 amide bonds. The third kappa shape index (κ3) is 3.95. The van der Waals surface area contributed by atoms with Gasteiger partial charge in [-0.3, -0.25) is 14.9 Å². The average Bonchev–Trinajstić information content (AvgIpc) is 2.38. The highest BCUT2D eigenvalue weighted by molar-refractivity contribution is 5.91. The summed E-state index contributed by atoms with van der Waals surface area (Å²) in [6.07, 6.45) is 0.0621. The van der Waals surface area contributed by atoms with Gasteiger partial charge in [0, 0.05) is 19.2 Å². The first-order valence-corrected chi connectivity index (χ1v) is 5.30. The number of carboxylic acid groups (broad SMARTS) is 1. The molecule has 0 unspecified atom stereocenters. The van der Waals surface area contributed by atoms with Gasteiger partial charge in [0.05, 0.1) is 18.0 Å². The largest absolute Gasteiger partial charge is 0.492 e. The van der Waals surface area contributed by atoms with E-state index in [0.29, 0.717) is 0 Å². The number of nitrogens with zero attached hydrogens (tertiary/aromatic N) is 1. The molecule has 0 aliphatic heterocycles. The molecule has 1 aromatic carbocycles. The van der Waals surface area contributed by atoms with Crippen molar-refractivity contribution in [2.75, 3.05) is 13.7 Å². The summed E-state index contributed by atoms with van der Waals surface area (Å²) in [4.78, 5) is 31.8. The number of nitrogens with one attached hydrogen (secondary N) is 1. The second kappa shape index (κ2) is 6.34. The van der Waals surface area contributed by atoms with Crippen molar-refractivity contribution in [3.05, 3.63) is 33.9 Å². The van der Waals surface area contributed by atoms with Crippen LogP contribution in [0.1, 0.15) is 16.8 Å². The predicted octanol–water partition coefficient (Wildman–Crippen LogP) is 0.808. The van der Waals surface area contributed by atoms with Crippen LogP contribution in [0.15, 0.2) is 18.2 Å². The minimum Gasteiger partial charge on any atom is -0.492 e. The topological polar surface area (TPSA) is 119 Å². The molecule has 0 aliphatic rings. The summed E-state index contributed by atoms with van der Waals surface area (Å²) in [6, 6.07) is 3.25. The van der Waals surface area contributed by atoms with Crippen LogP contribution < -0.4 is 10.1 Å². The maximum atomic E-state index is 11.0. The number of hydrogen-bond acceptors (Lipinski definition) is 5. The number of rotatable bonds is 6. The Bertz CT molecular complexity index is 514. The molecule has 0 bridgehead atoms.